The van der Waals surface area contributed by atoms with Crippen LogP contribution in [0.15, 0.2) is 0 Å². The fourth-order valence-electron chi connectivity index (χ4n) is 2.45. The van der Waals surface area contributed by atoms with Crippen molar-refractivity contribution >= 4 is 0 Å². The highest BCUT2D eigenvalue weighted by Crippen LogP contribution is 2.21. The van der Waals surface area contributed by atoms with Gasteiger partial charge < -0.3 is 15.4 Å². The number of ether oxygens (including phenoxy) is 1. The molecule has 1 aliphatic rings. The molecule has 1 aliphatic heterocycles. The van der Waals surface area contributed by atoms with Gasteiger partial charge in [0, 0.05) is 13.7 Å². The maximum atomic E-state index is 5.74. The van der Waals surface area contributed by atoms with E-state index < -0.39 is 0 Å². The summed E-state index contributed by atoms with van der Waals surface area (Å²) in [5, 5.41) is 0. The Morgan fingerprint density at radius 1 is 1.35 bits per heavy atom. The Bertz CT molecular complexity index is 206. The van der Waals surface area contributed by atoms with E-state index in [4.69, 9.17) is 10.5 Å². The van der Waals surface area contributed by atoms with Crippen molar-refractivity contribution in [1.82, 2.24) is 4.90 Å². The van der Waals surface area contributed by atoms with E-state index in [0.29, 0.717) is 11.5 Å². The van der Waals surface area contributed by atoms with E-state index in [1.54, 1.807) is 0 Å². The predicted octanol–water partition coefficient (Wildman–Crippen LogP) is 2.25. The number of hydrogen-bond donors (Lipinski definition) is 1. The molecule has 17 heavy (non-hydrogen) atoms. The average molecular weight is 242 g/mol. The summed E-state index contributed by atoms with van der Waals surface area (Å²) in [5.74, 6) is 0. The summed E-state index contributed by atoms with van der Waals surface area (Å²) in [6, 6.07) is 0. The second-order valence-electron chi connectivity index (χ2n) is 6.13. The van der Waals surface area contributed by atoms with E-state index >= 15 is 0 Å². The van der Waals surface area contributed by atoms with Crippen LogP contribution >= 0.6 is 0 Å². The third-order valence-corrected chi connectivity index (χ3v) is 3.93. The topological polar surface area (TPSA) is 38.5 Å². The lowest BCUT2D eigenvalue weighted by Gasteiger charge is -2.32. The first kappa shape index (κ1) is 14.9. The number of rotatable bonds is 7. The first-order valence-electron chi connectivity index (χ1n) is 7.02. The van der Waals surface area contributed by atoms with Gasteiger partial charge in [0.25, 0.3) is 0 Å². The molecule has 1 saturated heterocycles. The van der Waals surface area contributed by atoms with E-state index in [1.807, 2.05) is 7.11 Å². The van der Waals surface area contributed by atoms with Crippen LogP contribution in [-0.4, -0.2) is 44.3 Å². The molecule has 3 heteroatoms. The molecule has 3 nitrogen and oxygen atoms in total. The molecule has 1 unspecified atom stereocenters. The van der Waals surface area contributed by atoms with E-state index in [-0.39, 0.29) is 0 Å². The summed E-state index contributed by atoms with van der Waals surface area (Å²) in [5.41, 5.74) is 6.06. The summed E-state index contributed by atoms with van der Waals surface area (Å²) < 4.78 is 5.44. The summed E-state index contributed by atoms with van der Waals surface area (Å²) in [4.78, 5) is 2.55. The molecular weight excluding hydrogens is 212 g/mol. The quantitative estimate of drug-likeness (QED) is 0.696. The highest BCUT2D eigenvalue weighted by Gasteiger charge is 2.19. The fourth-order valence-corrected chi connectivity index (χ4v) is 2.45. The van der Waals surface area contributed by atoms with Crippen LogP contribution in [0.1, 0.15) is 46.0 Å². The zero-order valence-electron chi connectivity index (χ0n) is 11.9. The molecule has 0 aromatic heterocycles. The summed E-state index contributed by atoms with van der Waals surface area (Å²) >= 11 is 0. The van der Waals surface area contributed by atoms with Crippen molar-refractivity contribution < 1.29 is 4.74 Å². The SMILES string of the molecule is COC1CCCN(CCCCC(C)(C)CN)C1. The van der Waals surface area contributed by atoms with Crippen LogP contribution in [0.5, 0.6) is 0 Å². The van der Waals surface area contributed by atoms with Gasteiger partial charge in [0.1, 0.15) is 0 Å². The monoisotopic (exact) mass is 242 g/mol. The van der Waals surface area contributed by atoms with E-state index in [0.717, 1.165) is 13.1 Å². The van der Waals surface area contributed by atoms with Crippen molar-refractivity contribution in [2.24, 2.45) is 11.1 Å². The first-order valence-corrected chi connectivity index (χ1v) is 7.02. The molecule has 102 valence electrons. The van der Waals surface area contributed by atoms with Crippen molar-refractivity contribution in [2.75, 3.05) is 33.3 Å². The number of likely N-dealkylation sites (tertiary alicyclic amines) is 1. The molecule has 0 radical (unpaired) electrons. The number of hydrogen-bond acceptors (Lipinski definition) is 3. The van der Waals surface area contributed by atoms with Crippen LogP contribution in [0.4, 0.5) is 0 Å². The molecule has 0 aromatic carbocycles. The van der Waals surface area contributed by atoms with E-state index in [9.17, 15) is 0 Å². The zero-order valence-corrected chi connectivity index (χ0v) is 11.9. The Balaban J connectivity index is 2.10. The molecule has 0 amide bonds. The lowest BCUT2D eigenvalue weighted by molar-refractivity contribution is 0.0306. The molecule has 0 spiro atoms. The molecule has 0 saturated carbocycles. The number of piperidine rings is 1. The van der Waals surface area contributed by atoms with Gasteiger partial charge in [-0.3, -0.25) is 0 Å². The molecule has 1 atom stereocenters. The van der Waals surface area contributed by atoms with Crippen molar-refractivity contribution in [3.8, 4) is 0 Å². The molecule has 1 fully saturated rings. The number of nitrogens with two attached hydrogens (primary N) is 1. The number of unbranched alkanes of at least 4 members (excludes halogenated alkanes) is 1. The van der Waals surface area contributed by atoms with Gasteiger partial charge in [0.15, 0.2) is 0 Å². The molecule has 2 N–H and O–H groups in total. The van der Waals surface area contributed by atoms with Crippen LogP contribution in [0.2, 0.25) is 0 Å². The maximum absolute atomic E-state index is 5.74. The van der Waals surface area contributed by atoms with Crippen LogP contribution in [-0.2, 0) is 4.74 Å². The van der Waals surface area contributed by atoms with Gasteiger partial charge in [-0.1, -0.05) is 20.3 Å². The minimum atomic E-state index is 0.316. The Kier molecular flexibility index (Phi) is 6.45. The van der Waals surface area contributed by atoms with Gasteiger partial charge in [-0.2, -0.15) is 0 Å². The van der Waals surface area contributed by atoms with Crippen LogP contribution < -0.4 is 5.73 Å². The van der Waals surface area contributed by atoms with Gasteiger partial charge in [-0.15, -0.1) is 0 Å². The standard InChI is InChI=1S/C14H30N2O/c1-14(2,12-15)8-4-5-9-16-10-6-7-13(11-16)17-3/h13H,4-12,15H2,1-3H3. The van der Waals surface area contributed by atoms with Crippen molar-refractivity contribution in [1.29, 1.82) is 0 Å². The predicted molar refractivity (Wildman–Crippen MR) is 73.2 cm³/mol. The molecular formula is C14H30N2O. The third-order valence-electron chi connectivity index (χ3n) is 3.93. The van der Waals surface area contributed by atoms with Gasteiger partial charge in [-0.05, 0) is 50.7 Å². The highest BCUT2D eigenvalue weighted by molar-refractivity contribution is 4.74. The smallest absolute Gasteiger partial charge is 0.0698 e. The van der Waals surface area contributed by atoms with Gasteiger partial charge in [-0.25, -0.2) is 0 Å². The van der Waals surface area contributed by atoms with Gasteiger partial charge in [0.05, 0.1) is 6.10 Å². The molecule has 1 heterocycles. The first-order chi connectivity index (χ1) is 8.07. The van der Waals surface area contributed by atoms with E-state index in [1.165, 1.54) is 45.2 Å². The summed E-state index contributed by atoms with van der Waals surface area (Å²) in [7, 11) is 1.83. The summed E-state index contributed by atoms with van der Waals surface area (Å²) in [6.45, 7) is 8.91. The maximum Gasteiger partial charge on any atom is 0.0698 e. The van der Waals surface area contributed by atoms with Crippen molar-refractivity contribution in [2.45, 2.75) is 52.1 Å². The van der Waals surface area contributed by atoms with Crippen LogP contribution in [0, 0.1) is 5.41 Å². The third kappa shape index (κ3) is 5.84. The minimum absolute atomic E-state index is 0.316. The number of methoxy groups -OCH3 is 1. The fraction of sp³-hybridized carbons (Fsp3) is 1.00. The lowest BCUT2D eigenvalue weighted by Crippen LogP contribution is -2.39. The molecule has 0 aliphatic carbocycles. The zero-order chi connectivity index (χ0) is 12.7. The van der Waals surface area contributed by atoms with Crippen LogP contribution in [0.25, 0.3) is 0 Å². The molecule has 0 bridgehead atoms. The Labute approximate surface area is 107 Å². The van der Waals surface area contributed by atoms with Gasteiger partial charge in [0.2, 0.25) is 0 Å². The van der Waals surface area contributed by atoms with Crippen LogP contribution in [0.3, 0.4) is 0 Å². The number of nitrogens with zero attached hydrogens (tertiary/aromatic N) is 1. The van der Waals surface area contributed by atoms with Crippen molar-refractivity contribution in [3.63, 3.8) is 0 Å². The normalized spacial score (nSPS) is 22.9. The molecule has 0 aromatic rings. The van der Waals surface area contributed by atoms with Crippen molar-refractivity contribution in [3.05, 3.63) is 0 Å². The molecule has 1 rings (SSSR count). The second-order valence-corrected chi connectivity index (χ2v) is 6.13. The van der Waals surface area contributed by atoms with E-state index in [2.05, 4.69) is 18.7 Å². The Hall–Kier alpha value is -0.120. The second kappa shape index (κ2) is 7.34. The minimum Gasteiger partial charge on any atom is -0.380 e. The van der Waals surface area contributed by atoms with Gasteiger partial charge >= 0.3 is 0 Å². The highest BCUT2D eigenvalue weighted by atomic mass is 16.5. The lowest BCUT2D eigenvalue weighted by atomic mass is 9.87. The Morgan fingerprint density at radius 3 is 2.76 bits per heavy atom. The average Bonchev–Trinajstić information content (AvgIpc) is 2.35. The summed E-state index contributed by atoms with van der Waals surface area (Å²) in [6.07, 6.45) is 6.80. The largest absolute Gasteiger partial charge is 0.380 e. The Morgan fingerprint density at radius 2 is 2.12 bits per heavy atom.